The molecule has 3 heteroatoms. The second-order valence-electron chi connectivity index (χ2n) is 5.92. The van der Waals surface area contributed by atoms with E-state index in [0.29, 0.717) is 0 Å². The molecule has 0 spiro atoms. The zero-order chi connectivity index (χ0) is 16.4. The van der Waals surface area contributed by atoms with Gasteiger partial charge >= 0.3 is 0 Å². The first kappa shape index (κ1) is 14.5. The number of aromatic nitrogens is 2. The minimum atomic E-state index is 0.117. The van der Waals surface area contributed by atoms with E-state index in [1.165, 1.54) is 22.2 Å². The van der Waals surface area contributed by atoms with Gasteiger partial charge in [0, 0.05) is 47.8 Å². The molecule has 2 heterocycles. The van der Waals surface area contributed by atoms with Gasteiger partial charge in [-0.05, 0) is 35.9 Å². The van der Waals surface area contributed by atoms with Crippen LogP contribution in [0.1, 0.15) is 17.2 Å². The fourth-order valence-corrected chi connectivity index (χ4v) is 3.29. The number of pyridine rings is 1. The highest BCUT2D eigenvalue weighted by Crippen LogP contribution is 2.35. The Bertz CT molecular complexity index is 929. The van der Waals surface area contributed by atoms with Crippen LogP contribution in [-0.4, -0.2) is 17.0 Å². The van der Waals surface area contributed by atoms with Crippen molar-refractivity contribution in [3.8, 4) is 0 Å². The number of benzene rings is 2. The summed E-state index contributed by atoms with van der Waals surface area (Å²) in [5.41, 5.74) is 4.84. The van der Waals surface area contributed by atoms with Crippen LogP contribution in [0.25, 0.3) is 10.9 Å². The number of para-hydroxylation sites is 2. The van der Waals surface area contributed by atoms with Crippen LogP contribution in [0.4, 0.5) is 5.69 Å². The summed E-state index contributed by atoms with van der Waals surface area (Å²) in [4.78, 5) is 9.89. The number of nitrogens with one attached hydrogen (secondary N) is 1. The molecule has 0 aliphatic heterocycles. The van der Waals surface area contributed by atoms with Gasteiger partial charge < -0.3 is 9.88 Å². The summed E-state index contributed by atoms with van der Waals surface area (Å²) in [6.07, 6.45) is 5.83. The van der Waals surface area contributed by atoms with E-state index in [2.05, 4.69) is 88.8 Å². The molecule has 0 aliphatic carbocycles. The van der Waals surface area contributed by atoms with Gasteiger partial charge in [0.2, 0.25) is 0 Å². The zero-order valence-corrected chi connectivity index (χ0v) is 13.6. The van der Waals surface area contributed by atoms with Crippen molar-refractivity contribution in [3.63, 3.8) is 0 Å². The van der Waals surface area contributed by atoms with Crippen molar-refractivity contribution >= 4 is 16.6 Å². The summed E-state index contributed by atoms with van der Waals surface area (Å²) < 4.78 is 0. The lowest BCUT2D eigenvalue weighted by atomic mass is 9.97. The Morgan fingerprint density at radius 2 is 1.58 bits per heavy atom. The smallest absolute Gasteiger partial charge is 0.0814 e. The molecule has 1 N–H and O–H groups in total. The van der Waals surface area contributed by atoms with Crippen molar-refractivity contribution in [1.29, 1.82) is 0 Å². The number of aromatic amines is 1. The van der Waals surface area contributed by atoms with Crippen molar-refractivity contribution < 1.29 is 0 Å². The lowest BCUT2D eigenvalue weighted by molar-refractivity contribution is 0.787. The fourth-order valence-electron chi connectivity index (χ4n) is 3.29. The number of H-pyrrole nitrogens is 1. The van der Waals surface area contributed by atoms with Crippen LogP contribution in [0.2, 0.25) is 0 Å². The SMILES string of the molecule is CN(c1ccccc1)C(c1ccncc1)c1c[nH]c2ccccc12. The molecule has 4 rings (SSSR count). The molecule has 0 aliphatic rings. The number of rotatable bonds is 4. The van der Waals surface area contributed by atoms with E-state index >= 15 is 0 Å². The van der Waals surface area contributed by atoms with Crippen LogP contribution in [0.3, 0.4) is 0 Å². The molecule has 0 fully saturated rings. The number of fused-ring (bicyclic) bond motifs is 1. The highest BCUT2D eigenvalue weighted by Gasteiger charge is 2.22. The summed E-state index contributed by atoms with van der Waals surface area (Å²) in [5, 5.41) is 1.25. The van der Waals surface area contributed by atoms with Crippen LogP contribution in [0, 0.1) is 0 Å². The van der Waals surface area contributed by atoms with Crippen LogP contribution in [0.5, 0.6) is 0 Å². The Labute approximate surface area is 141 Å². The number of hydrogen-bond acceptors (Lipinski definition) is 2. The molecule has 24 heavy (non-hydrogen) atoms. The van der Waals surface area contributed by atoms with Gasteiger partial charge in [0.15, 0.2) is 0 Å². The van der Waals surface area contributed by atoms with E-state index < -0.39 is 0 Å². The first-order valence-electron chi connectivity index (χ1n) is 8.08. The maximum absolute atomic E-state index is 4.18. The van der Waals surface area contributed by atoms with Crippen molar-refractivity contribution in [2.24, 2.45) is 0 Å². The van der Waals surface area contributed by atoms with E-state index in [1.807, 2.05) is 18.5 Å². The summed E-state index contributed by atoms with van der Waals surface area (Å²) in [6, 6.07) is 23.2. The van der Waals surface area contributed by atoms with E-state index in [4.69, 9.17) is 0 Å². The van der Waals surface area contributed by atoms with E-state index in [9.17, 15) is 0 Å². The van der Waals surface area contributed by atoms with Gasteiger partial charge in [0.05, 0.1) is 6.04 Å². The predicted molar refractivity (Wildman–Crippen MR) is 99.2 cm³/mol. The zero-order valence-electron chi connectivity index (χ0n) is 13.6. The molecular formula is C21H19N3. The molecule has 0 radical (unpaired) electrons. The van der Waals surface area contributed by atoms with Gasteiger partial charge in [-0.2, -0.15) is 0 Å². The average Bonchev–Trinajstić information content (AvgIpc) is 3.07. The number of hydrogen-bond donors (Lipinski definition) is 1. The van der Waals surface area contributed by atoms with Crippen molar-refractivity contribution in [3.05, 3.63) is 96.4 Å². The van der Waals surface area contributed by atoms with Gasteiger partial charge in [-0.3, -0.25) is 4.98 Å². The molecule has 2 aromatic carbocycles. The van der Waals surface area contributed by atoms with Crippen LogP contribution < -0.4 is 4.90 Å². The van der Waals surface area contributed by atoms with Gasteiger partial charge in [-0.15, -0.1) is 0 Å². The quantitative estimate of drug-likeness (QED) is 0.587. The molecule has 0 amide bonds. The standard InChI is InChI=1S/C21H19N3/c1-24(17-7-3-2-4-8-17)21(16-11-13-22-14-12-16)19-15-23-20-10-6-5-9-18(19)20/h2-15,21,23H,1H3. The third-order valence-corrected chi connectivity index (χ3v) is 4.49. The summed E-state index contributed by atoms with van der Waals surface area (Å²) in [6.45, 7) is 0. The molecule has 1 atom stereocenters. The van der Waals surface area contributed by atoms with Gasteiger partial charge in [-0.1, -0.05) is 36.4 Å². The Hall–Kier alpha value is -3.07. The largest absolute Gasteiger partial charge is 0.363 e. The van der Waals surface area contributed by atoms with Gasteiger partial charge in [-0.25, -0.2) is 0 Å². The Morgan fingerprint density at radius 1 is 0.875 bits per heavy atom. The summed E-state index contributed by atoms with van der Waals surface area (Å²) in [5.74, 6) is 0. The number of anilines is 1. The molecule has 0 saturated carbocycles. The third-order valence-electron chi connectivity index (χ3n) is 4.49. The minimum absolute atomic E-state index is 0.117. The number of nitrogens with zero attached hydrogens (tertiary/aromatic N) is 2. The average molecular weight is 313 g/mol. The highest BCUT2D eigenvalue weighted by atomic mass is 15.1. The molecule has 2 aromatic heterocycles. The van der Waals surface area contributed by atoms with Crippen LogP contribution >= 0.6 is 0 Å². The maximum atomic E-state index is 4.18. The van der Waals surface area contributed by atoms with Gasteiger partial charge in [0.25, 0.3) is 0 Å². The molecule has 4 aromatic rings. The molecule has 0 saturated heterocycles. The topological polar surface area (TPSA) is 31.9 Å². The van der Waals surface area contributed by atoms with Crippen LogP contribution in [-0.2, 0) is 0 Å². The normalized spacial score (nSPS) is 12.2. The summed E-state index contributed by atoms with van der Waals surface area (Å²) >= 11 is 0. The van der Waals surface area contributed by atoms with E-state index in [0.717, 1.165) is 5.52 Å². The van der Waals surface area contributed by atoms with E-state index in [-0.39, 0.29) is 6.04 Å². The Kier molecular flexibility index (Phi) is 3.75. The fraction of sp³-hybridized carbons (Fsp3) is 0.0952. The lowest BCUT2D eigenvalue weighted by Crippen LogP contribution is -2.25. The molecular weight excluding hydrogens is 294 g/mol. The highest BCUT2D eigenvalue weighted by molar-refractivity contribution is 5.84. The Morgan fingerprint density at radius 3 is 2.38 bits per heavy atom. The predicted octanol–water partition coefficient (Wildman–Crippen LogP) is 4.79. The van der Waals surface area contributed by atoms with Crippen LogP contribution in [0.15, 0.2) is 85.3 Å². The monoisotopic (exact) mass is 313 g/mol. The third kappa shape index (κ3) is 2.54. The molecule has 0 bridgehead atoms. The molecule has 3 nitrogen and oxygen atoms in total. The Balaban J connectivity index is 1.88. The lowest BCUT2D eigenvalue weighted by Gasteiger charge is -2.30. The van der Waals surface area contributed by atoms with Crippen molar-refractivity contribution in [1.82, 2.24) is 9.97 Å². The first-order chi connectivity index (χ1) is 11.8. The summed E-state index contributed by atoms with van der Waals surface area (Å²) in [7, 11) is 2.14. The van der Waals surface area contributed by atoms with Crippen molar-refractivity contribution in [2.75, 3.05) is 11.9 Å². The second kappa shape index (κ2) is 6.20. The maximum Gasteiger partial charge on any atom is 0.0814 e. The molecule has 118 valence electrons. The van der Waals surface area contributed by atoms with Crippen molar-refractivity contribution in [2.45, 2.75) is 6.04 Å². The van der Waals surface area contributed by atoms with Gasteiger partial charge in [0.1, 0.15) is 0 Å². The van der Waals surface area contributed by atoms with E-state index in [1.54, 1.807) is 0 Å². The minimum Gasteiger partial charge on any atom is -0.363 e. The molecule has 1 unspecified atom stereocenters. The second-order valence-corrected chi connectivity index (χ2v) is 5.92. The first-order valence-corrected chi connectivity index (χ1v) is 8.08.